The molecule has 0 radical (unpaired) electrons. The van der Waals surface area contributed by atoms with Gasteiger partial charge in [-0.25, -0.2) is 0 Å². The van der Waals surface area contributed by atoms with Crippen molar-refractivity contribution in [3.63, 3.8) is 0 Å². The molecule has 0 heterocycles. The molecule has 0 aromatic heterocycles. The number of hydrogen-bond donors (Lipinski definition) is 0. The molecule has 0 amide bonds. The van der Waals surface area contributed by atoms with Crippen molar-refractivity contribution in [2.75, 3.05) is 41.4 Å². The minimum absolute atomic E-state index is 0.240. The number of ether oxygens (including phenoxy) is 2. The number of methoxy groups -OCH3 is 1. The first kappa shape index (κ1) is 19.9. The Morgan fingerprint density at radius 2 is 1.57 bits per heavy atom. The van der Waals surface area contributed by atoms with Crippen LogP contribution in [0.5, 0.6) is 0 Å². The summed E-state index contributed by atoms with van der Waals surface area (Å²) in [5, 5.41) is 0. The van der Waals surface area contributed by atoms with Crippen LogP contribution in [-0.4, -0.2) is 57.8 Å². The molecule has 0 aromatic carbocycles. The van der Waals surface area contributed by atoms with E-state index >= 15 is 0 Å². The van der Waals surface area contributed by atoms with E-state index in [2.05, 4.69) is 0 Å². The van der Waals surface area contributed by atoms with E-state index in [1.807, 2.05) is 35.0 Å². The first-order valence-corrected chi connectivity index (χ1v) is 7.44. The monoisotopic (exact) mass is 302 g/mol. The van der Waals surface area contributed by atoms with E-state index in [9.17, 15) is 9.59 Å². The van der Waals surface area contributed by atoms with Crippen LogP contribution in [0.1, 0.15) is 40.5 Å². The predicted molar refractivity (Wildman–Crippen MR) is 82.7 cm³/mol. The van der Waals surface area contributed by atoms with E-state index in [4.69, 9.17) is 9.47 Å². The highest BCUT2D eigenvalue weighted by Crippen LogP contribution is 2.38. The fourth-order valence-corrected chi connectivity index (χ4v) is 2.25. The second-order valence-corrected chi connectivity index (χ2v) is 7.62. The van der Waals surface area contributed by atoms with Gasteiger partial charge in [-0.15, -0.1) is 0 Å². The Bertz CT molecular complexity index is 371. The molecule has 0 spiro atoms. The van der Waals surface area contributed by atoms with Crippen LogP contribution in [0.4, 0.5) is 0 Å². The number of quaternary nitrogens is 1. The second-order valence-electron chi connectivity index (χ2n) is 7.62. The zero-order chi connectivity index (χ0) is 16.9. The highest BCUT2D eigenvalue weighted by Gasteiger charge is 2.42. The van der Waals surface area contributed by atoms with E-state index < -0.39 is 10.8 Å². The lowest BCUT2D eigenvalue weighted by atomic mass is 9.72. The van der Waals surface area contributed by atoms with E-state index in [0.717, 1.165) is 11.0 Å². The van der Waals surface area contributed by atoms with Gasteiger partial charge in [-0.05, 0) is 33.6 Å². The molecular formula is C16H32NO4+. The van der Waals surface area contributed by atoms with Crippen LogP contribution in [0.15, 0.2) is 0 Å². The van der Waals surface area contributed by atoms with Crippen LogP contribution >= 0.6 is 0 Å². The highest BCUT2D eigenvalue weighted by atomic mass is 16.5. The summed E-state index contributed by atoms with van der Waals surface area (Å²) in [4.78, 5) is 24.2. The van der Waals surface area contributed by atoms with Gasteiger partial charge in [0.1, 0.15) is 13.2 Å². The minimum Gasteiger partial charge on any atom is -0.469 e. The molecule has 21 heavy (non-hydrogen) atoms. The van der Waals surface area contributed by atoms with Gasteiger partial charge in [-0.2, -0.15) is 0 Å². The maximum Gasteiger partial charge on any atom is 0.312 e. The Hall–Kier alpha value is -1.10. The Kier molecular flexibility index (Phi) is 6.87. The van der Waals surface area contributed by atoms with Crippen LogP contribution in [0.25, 0.3) is 0 Å². The van der Waals surface area contributed by atoms with Gasteiger partial charge in [0.15, 0.2) is 0 Å². The van der Waals surface area contributed by atoms with Crippen LogP contribution in [0, 0.1) is 10.8 Å². The van der Waals surface area contributed by atoms with Crippen molar-refractivity contribution in [3.05, 3.63) is 0 Å². The van der Waals surface area contributed by atoms with Crippen molar-refractivity contribution in [3.8, 4) is 0 Å². The van der Waals surface area contributed by atoms with Crippen molar-refractivity contribution in [2.45, 2.75) is 40.5 Å². The molecule has 0 fully saturated rings. The summed E-state index contributed by atoms with van der Waals surface area (Å²) in [7, 11) is 7.51. The minimum atomic E-state index is -0.710. The summed E-state index contributed by atoms with van der Waals surface area (Å²) in [6.45, 7) is 8.53. The number of carbonyl (C=O) groups is 2. The number of rotatable bonds is 8. The molecule has 0 saturated carbocycles. The summed E-state index contributed by atoms with van der Waals surface area (Å²) in [5.41, 5.74) is -1.39. The molecule has 0 bridgehead atoms. The average Bonchev–Trinajstić information content (AvgIpc) is 2.35. The molecule has 1 unspecified atom stereocenters. The zero-order valence-electron chi connectivity index (χ0n) is 14.9. The van der Waals surface area contributed by atoms with E-state index in [1.165, 1.54) is 7.11 Å². The molecule has 0 aliphatic rings. The Balaban J connectivity index is 4.78. The van der Waals surface area contributed by atoms with Crippen molar-refractivity contribution in [1.82, 2.24) is 0 Å². The van der Waals surface area contributed by atoms with Gasteiger partial charge in [-0.3, -0.25) is 9.59 Å². The summed E-state index contributed by atoms with van der Waals surface area (Å²) >= 11 is 0. The van der Waals surface area contributed by atoms with Gasteiger partial charge in [0.25, 0.3) is 0 Å². The fourth-order valence-electron chi connectivity index (χ4n) is 2.25. The summed E-state index contributed by atoms with van der Waals surface area (Å²) in [5.74, 6) is -0.545. The van der Waals surface area contributed by atoms with Crippen LogP contribution in [-0.2, 0) is 19.1 Å². The molecule has 124 valence electrons. The Labute approximate surface area is 129 Å². The van der Waals surface area contributed by atoms with Gasteiger partial charge in [0.2, 0.25) is 0 Å². The molecule has 0 saturated heterocycles. The summed E-state index contributed by atoms with van der Waals surface area (Å²) < 4.78 is 11.0. The standard InChI is InChI=1S/C16H32NO4/c1-9-16(4,12-15(2,3)13(18)20-8)14(19)21-11-10-17(5,6)7/h9-12H2,1-8H3/q+1. The maximum atomic E-state index is 12.4. The third-order valence-electron chi connectivity index (χ3n) is 3.84. The van der Waals surface area contributed by atoms with E-state index in [1.54, 1.807) is 13.8 Å². The van der Waals surface area contributed by atoms with Crippen LogP contribution in [0.3, 0.4) is 0 Å². The summed E-state index contributed by atoms with van der Waals surface area (Å²) in [6, 6.07) is 0. The number of hydrogen-bond acceptors (Lipinski definition) is 4. The number of nitrogens with zero attached hydrogens (tertiary/aromatic N) is 1. The molecule has 0 aliphatic heterocycles. The second kappa shape index (κ2) is 7.25. The van der Waals surface area contributed by atoms with Gasteiger partial charge >= 0.3 is 11.9 Å². The van der Waals surface area contributed by atoms with Gasteiger partial charge < -0.3 is 14.0 Å². The zero-order valence-corrected chi connectivity index (χ0v) is 14.9. The van der Waals surface area contributed by atoms with Crippen molar-refractivity contribution < 1.29 is 23.5 Å². The molecule has 0 rings (SSSR count). The third-order valence-corrected chi connectivity index (χ3v) is 3.84. The Morgan fingerprint density at radius 3 is 1.95 bits per heavy atom. The molecular weight excluding hydrogens is 270 g/mol. The SMILES string of the molecule is CCC(C)(CC(C)(C)C(=O)OC)C(=O)OCC[N+](C)(C)C. The summed E-state index contributed by atoms with van der Waals surface area (Å²) in [6.07, 6.45) is 1.03. The van der Waals surface area contributed by atoms with E-state index in [-0.39, 0.29) is 11.9 Å². The first-order valence-electron chi connectivity index (χ1n) is 7.44. The van der Waals surface area contributed by atoms with Crippen molar-refractivity contribution >= 4 is 11.9 Å². The quantitative estimate of drug-likeness (QED) is 0.510. The van der Waals surface area contributed by atoms with Gasteiger partial charge in [0.05, 0.1) is 39.1 Å². The maximum absolute atomic E-state index is 12.4. The predicted octanol–water partition coefficient (Wildman–Crippen LogP) is 2.24. The van der Waals surface area contributed by atoms with Crippen molar-refractivity contribution in [1.29, 1.82) is 0 Å². The van der Waals surface area contributed by atoms with E-state index in [0.29, 0.717) is 19.4 Å². The molecule has 5 nitrogen and oxygen atoms in total. The number of carbonyl (C=O) groups excluding carboxylic acids is 2. The third kappa shape index (κ3) is 6.46. The number of esters is 2. The molecule has 5 heteroatoms. The lowest BCUT2D eigenvalue weighted by molar-refractivity contribution is -0.870. The topological polar surface area (TPSA) is 52.6 Å². The lowest BCUT2D eigenvalue weighted by Crippen LogP contribution is -2.41. The highest BCUT2D eigenvalue weighted by molar-refractivity contribution is 5.80. The van der Waals surface area contributed by atoms with Crippen molar-refractivity contribution in [2.24, 2.45) is 10.8 Å². The molecule has 0 aliphatic carbocycles. The first-order chi connectivity index (χ1) is 9.38. The average molecular weight is 302 g/mol. The van der Waals surface area contributed by atoms with Gasteiger partial charge in [0, 0.05) is 0 Å². The number of likely N-dealkylation sites (N-methyl/N-ethyl adjacent to an activating group) is 1. The lowest BCUT2D eigenvalue weighted by Gasteiger charge is -2.33. The molecule has 0 aromatic rings. The Morgan fingerprint density at radius 1 is 1.05 bits per heavy atom. The molecule has 1 atom stereocenters. The van der Waals surface area contributed by atoms with Crippen LogP contribution in [0.2, 0.25) is 0 Å². The fraction of sp³-hybridized carbons (Fsp3) is 0.875. The normalized spacial score (nSPS) is 15.2. The van der Waals surface area contributed by atoms with Crippen LogP contribution < -0.4 is 0 Å². The molecule has 0 N–H and O–H groups in total. The van der Waals surface area contributed by atoms with Gasteiger partial charge in [-0.1, -0.05) is 6.92 Å². The largest absolute Gasteiger partial charge is 0.469 e. The smallest absolute Gasteiger partial charge is 0.312 e.